The zero-order valence-electron chi connectivity index (χ0n) is 12.4. The van der Waals surface area contributed by atoms with Gasteiger partial charge in [0.25, 0.3) is 0 Å². The maximum Gasteiger partial charge on any atom is 0.147 e. The van der Waals surface area contributed by atoms with Crippen LogP contribution in [0.5, 0.6) is 0 Å². The molecule has 0 saturated carbocycles. The minimum atomic E-state index is 0.377. The van der Waals surface area contributed by atoms with Crippen molar-refractivity contribution in [2.45, 2.75) is 40.2 Å². The van der Waals surface area contributed by atoms with E-state index in [9.17, 15) is 0 Å². The Kier molecular flexibility index (Phi) is 4.56. The maximum absolute atomic E-state index is 5.29. The van der Waals surface area contributed by atoms with Crippen LogP contribution in [0.25, 0.3) is 0 Å². The molecule has 20 heavy (non-hydrogen) atoms. The Morgan fingerprint density at radius 1 is 1.25 bits per heavy atom. The van der Waals surface area contributed by atoms with Crippen molar-refractivity contribution in [3.05, 3.63) is 52.4 Å². The first-order valence-electron chi connectivity index (χ1n) is 6.75. The third-order valence-corrected chi connectivity index (χ3v) is 3.27. The summed E-state index contributed by atoms with van der Waals surface area (Å²) in [6.45, 7) is 8.49. The molecule has 1 aromatic heterocycles. The molecule has 0 unspecified atom stereocenters. The Morgan fingerprint density at radius 2 is 1.95 bits per heavy atom. The topological polar surface area (TPSA) is 47.6 Å². The number of rotatable bonds is 5. The second kappa shape index (κ2) is 6.37. The number of nitrogens with zero attached hydrogens (tertiary/aromatic N) is 2. The summed E-state index contributed by atoms with van der Waals surface area (Å²) in [5.41, 5.74) is 4.14. The van der Waals surface area contributed by atoms with Gasteiger partial charge in [0.05, 0.1) is 17.5 Å². The molecular formula is C16H20N2O2. The summed E-state index contributed by atoms with van der Waals surface area (Å²) in [5, 5.41) is 7.85. The normalized spacial score (nSPS) is 11.4. The quantitative estimate of drug-likeness (QED) is 0.611. The van der Waals surface area contributed by atoms with E-state index in [4.69, 9.17) is 9.36 Å². The number of hydrogen-bond acceptors (Lipinski definition) is 4. The highest BCUT2D eigenvalue weighted by Crippen LogP contribution is 2.15. The molecule has 106 valence electrons. The van der Waals surface area contributed by atoms with Gasteiger partial charge in [0, 0.05) is 0 Å². The largest absolute Gasteiger partial charge is 0.391 e. The van der Waals surface area contributed by atoms with E-state index in [2.05, 4.69) is 36.3 Å². The summed E-state index contributed by atoms with van der Waals surface area (Å²) in [6.07, 6.45) is 1.71. The summed E-state index contributed by atoms with van der Waals surface area (Å²) in [5.74, 6) is 1.32. The molecule has 0 aliphatic rings. The lowest BCUT2D eigenvalue weighted by Gasteiger charge is -2.04. The van der Waals surface area contributed by atoms with Crippen molar-refractivity contribution in [2.24, 2.45) is 5.16 Å². The zero-order valence-corrected chi connectivity index (χ0v) is 12.4. The highest BCUT2D eigenvalue weighted by molar-refractivity contribution is 5.79. The van der Waals surface area contributed by atoms with Crippen LogP contribution >= 0.6 is 0 Å². The lowest BCUT2D eigenvalue weighted by atomic mass is 10.0. The van der Waals surface area contributed by atoms with E-state index in [1.165, 1.54) is 5.56 Å². The smallest absolute Gasteiger partial charge is 0.147 e. The highest BCUT2D eigenvalue weighted by atomic mass is 16.6. The first-order valence-corrected chi connectivity index (χ1v) is 6.75. The average molecular weight is 272 g/mol. The van der Waals surface area contributed by atoms with Crippen LogP contribution in [0.2, 0.25) is 0 Å². The van der Waals surface area contributed by atoms with Crippen LogP contribution in [0.3, 0.4) is 0 Å². The molecule has 1 heterocycles. The van der Waals surface area contributed by atoms with Gasteiger partial charge in [0.2, 0.25) is 0 Å². The molecule has 0 spiro atoms. The lowest BCUT2D eigenvalue weighted by Crippen LogP contribution is -1.92. The molecule has 0 aliphatic heterocycles. The van der Waals surface area contributed by atoms with E-state index < -0.39 is 0 Å². The molecule has 0 aliphatic carbocycles. The van der Waals surface area contributed by atoms with Crippen molar-refractivity contribution < 1.29 is 9.36 Å². The second-order valence-corrected chi connectivity index (χ2v) is 5.13. The molecule has 0 N–H and O–H groups in total. The zero-order chi connectivity index (χ0) is 14.5. The van der Waals surface area contributed by atoms with E-state index in [0.29, 0.717) is 12.5 Å². The molecule has 2 aromatic rings. The minimum absolute atomic E-state index is 0.377. The summed E-state index contributed by atoms with van der Waals surface area (Å²) in [4.78, 5) is 5.29. The predicted octanol–water partition coefficient (Wildman–Crippen LogP) is 3.97. The van der Waals surface area contributed by atoms with Crippen molar-refractivity contribution in [3.63, 3.8) is 0 Å². The average Bonchev–Trinajstić information content (AvgIpc) is 2.75. The first-order chi connectivity index (χ1) is 9.58. The van der Waals surface area contributed by atoms with Gasteiger partial charge in [-0.15, -0.1) is 0 Å². The van der Waals surface area contributed by atoms with Crippen LogP contribution < -0.4 is 0 Å². The first kappa shape index (κ1) is 14.3. The Bertz CT molecular complexity index is 564. The van der Waals surface area contributed by atoms with Gasteiger partial charge in [-0.05, 0) is 30.9 Å². The van der Waals surface area contributed by atoms with Crippen molar-refractivity contribution in [1.82, 2.24) is 5.16 Å². The van der Waals surface area contributed by atoms with Gasteiger partial charge in [-0.25, -0.2) is 0 Å². The van der Waals surface area contributed by atoms with E-state index >= 15 is 0 Å². The van der Waals surface area contributed by atoms with Gasteiger partial charge in [-0.2, -0.15) is 0 Å². The molecule has 0 saturated heterocycles. The number of hydrogen-bond donors (Lipinski definition) is 0. The Morgan fingerprint density at radius 3 is 2.50 bits per heavy atom. The molecule has 2 rings (SSSR count). The van der Waals surface area contributed by atoms with E-state index in [0.717, 1.165) is 22.6 Å². The summed E-state index contributed by atoms with van der Waals surface area (Å²) in [6, 6.07) is 8.30. The van der Waals surface area contributed by atoms with E-state index in [1.54, 1.807) is 6.21 Å². The van der Waals surface area contributed by atoms with Gasteiger partial charge in [-0.1, -0.05) is 48.4 Å². The van der Waals surface area contributed by atoms with Gasteiger partial charge < -0.3 is 9.36 Å². The van der Waals surface area contributed by atoms with Crippen LogP contribution in [0.15, 0.2) is 33.9 Å². The van der Waals surface area contributed by atoms with Gasteiger partial charge >= 0.3 is 0 Å². The Labute approximate surface area is 119 Å². The molecule has 0 bridgehead atoms. The van der Waals surface area contributed by atoms with Crippen molar-refractivity contribution in [3.8, 4) is 0 Å². The molecule has 0 radical (unpaired) electrons. The summed E-state index contributed by atoms with van der Waals surface area (Å²) in [7, 11) is 0. The fourth-order valence-electron chi connectivity index (χ4n) is 1.87. The fraction of sp³-hybridized carbons (Fsp3) is 0.375. The van der Waals surface area contributed by atoms with Crippen molar-refractivity contribution in [2.75, 3.05) is 0 Å². The van der Waals surface area contributed by atoms with Crippen LogP contribution in [-0.4, -0.2) is 11.4 Å². The van der Waals surface area contributed by atoms with E-state index in [1.807, 2.05) is 26.0 Å². The Hall–Kier alpha value is -2.10. The third kappa shape index (κ3) is 3.47. The van der Waals surface area contributed by atoms with Crippen LogP contribution in [0.4, 0.5) is 0 Å². The number of aromatic nitrogens is 1. The van der Waals surface area contributed by atoms with Gasteiger partial charge in [0.15, 0.2) is 0 Å². The number of aryl methyl sites for hydroxylation is 2. The van der Waals surface area contributed by atoms with Crippen molar-refractivity contribution >= 4 is 6.21 Å². The lowest BCUT2D eigenvalue weighted by molar-refractivity contribution is 0.130. The molecule has 4 heteroatoms. The Balaban J connectivity index is 1.90. The van der Waals surface area contributed by atoms with Gasteiger partial charge in [-0.3, -0.25) is 0 Å². The monoisotopic (exact) mass is 272 g/mol. The molecule has 4 nitrogen and oxygen atoms in total. The van der Waals surface area contributed by atoms with Gasteiger partial charge in [0.1, 0.15) is 12.4 Å². The SMILES string of the molecule is Cc1noc(C)c1CON=Cc1ccc(C(C)C)cc1. The van der Waals surface area contributed by atoms with Crippen LogP contribution in [0, 0.1) is 13.8 Å². The number of benzene rings is 1. The molecule has 0 fully saturated rings. The minimum Gasteiger partial charge on any atom is -0.391 e. The molecular weight excluding hydrogens is 252 g/mol. The van der Waals surface area contributed by atoms with E-state index in [-0.39, 0.29) is 0 Å². The van der Waals surface area contributed by atoms with Crippen molar-refractivity contribution in [1.29, 1.82) is 0 Å². The maximum atomic E-state index is 5.29. The van der Waals surface area contributed by atoms with Crippen LogP contribution in [0.1, 0.15) is 47.9 Å². The molecule has 1 aromatic carbocycles. The standard InChI is InChI=1S/C16H20N2O2/c1-11(2)15-7-5-14(6-8-15)9-17-19-10-16-12(3)18-20-13(16)4/h5-9,11H,10H2,1-4H3. The fourth-order valence-corrected chi connectivity index (χ4v) is 1.87. The second-order valence-electron chi connectivity index (χ2n) is 5.13. The third-order valence-electron chi connectivity index (χ3n) is 3.27. The molecule has 0 atom stereocenters. The number of oxime groups is 1. The van der Waals surface area contributed by atoms with Crippen LogP contribution in [-0.2, 0) is 11.4 Å². The molecule has 0 amide bonds. The summed E-state index contributed by atoms with van der Waals surface area (Å²) < 4.78 is 5.06. The summed E-state index contributed by atoms with van der Waals surface area (Å²) >= 11 is 0. The predicted molar refractivity (Wildman–Crippen MR) is 78.9 cm³/mol. The highest BCUT2D eigenvalue weighted by Gasteiger charge is 2.08.